The van der Waals surface area contributed by atoms with Crippen molar-refractivity contribution < 1.29 is 22.1 Å². The lowest BCUT2D eigenvalue weighted by atomic mass is 10.2. The molecule has 0 fully saturated rings. The third-order valence-corrected chi connectivity index (χ3v) is 3.62. The Balaban J connectivity index is 2.27. The van der Waals surface area contributed by atoms with Crippen LogP contribution in [-0.2, 0) is 27.5 Å². The lowest BCUT2D eigenvalue weighted by Crippen LogP contribution is -2.12. The van der Waals surface area contributed by atoms with E-state index in [2.05, 4.69) is 10.3 Å². The van der Waals surface area contributed by atoms with Gasteiger partial charge >= 0.3 is 0 Å². The zero-order valence-corrected chi connectivity index (χ0v) is 13.8. The van der Waals surface area contributed by atoms with Gasteiger partial charge in [-0.15, -0.1) is 5.10 Å². The molecule has 2 rings (SSSR count). The number of aromatic nitrogens is 3. The summed E-state index contributed by atoms with van der Waals surface area (Å²) in [6, 6.07) is 7.28. The smallest absolute Gasteiger partial charge is 0.264 e. The number of carbonyl (C=O) groups excluding carboxylic acids is 1. The van der Waals surface area contributed by atoms with Gasteiger partial charge in [-0.05, 0) is 17.7 Å². The number of carbonyl (C=O) groups is 1. The van der Waals surface area contributed by atoms with Gasteiger partial charge in [-0.3, -0.25) is 8.98 Å². The van der Waals surface area contributed by atoms with Crippen LogP contribution in [0.3, 0.4) is 0 Å². The van der Waals surface area contributed by atoms with Crippen molar-refractivity contribution in [3.05, 3.63) is 41.2 Å². The van der Waals surface area contributed by atoms with E-state index < -0.39 is 10.1 Å². The van der Waals surface area contributed by atoms with E-state index in [-0.39, 0.29) is 18.1 Å². The van der Waals surface area contributed by atoms with Gasteiger partial charge in [0.05, 0.1) is 25.6 Å². The van der Waals surface area contributed by atoms with Crippen molar-refractivity contribution in [3.8, 4) is 5.75 Å². The fourth-order valence-corrected chi connectivity index (χ4v) is 2.27. The van der Waals surface area contributed by atoms with E-state index in [9.17, 15) is 13.2 Å². The van der Waals surface area contributed by atoms with Crippen molar-refractivity contribution in [2.75, 3.05) is 13.4 Å². The van der Waals surface area contributed by atoms with E-state index in [0.29, 0.717) is 12.2 Å². The summed E-state index contributed by atoms with van der Waals surface area (Å²) in [6.45, 7) is 1.37. The van der Waals surface area contributed by atoms with E-state index in [0.717, 1.165) is 17.6 Å². The highest BCUT2D eigenvalue weighted by Crippen LogP contribution is 2.15. The van der Waals surface area contributed by atoms with Crippen LogP contribution in [0.25, 0.3) is 0 Å². The second-order valence-electron chi connectivity index (χ2n) is 4.91. The molecule has 9 heteroatoms. The van der Waals surface area contributed by atoms with Gasteiger partial charge in [-0.2, -0.15) is 8.42 Å². The summed E-state index contributed by atoms with van der Waals surface area (Å²) in [7, 11) is -2.06. The molecule has 0 atom stereocenters. The number of hydrogen-bond donors (Lipinski definition) is 0. The molecule has 1 aromatic carbocycles. The molecule has 23 heavy (non-hydrogen) atoms. The van der Waals surface area contributed by atoms with Crippen molar-refractivity contribution >= 4 is 15.9 Å². The first-order valence-electron chi connectivity index (χ1n) is 6.71. The van der Waals surface area contributed by atoms with E-state index >= 15 is 0 Å². The fourth-order valence-electron chi connectivity index (χ4n) is 1.94. The van der Waals surface area contributed by atoms with Crippen LogP contribution in [0.1, 0.15) is 28.7 Å². The Hall–Kier alpha value is -2.26. The predicted molar refractivity (Wildman–Crippen MR) is 81.8 cm³/mol. The normalized spacial score (nSPS) is 11.4. The van der Waals surface area contributed by atoms with Gasteiger partial charge < -0.3 is 4.74 Å². The van der Waals surface area contributed by atoms with Gasteiger partial charge in [-0.25, -0.2) is 4.68 Å². The Morgan fingerprint density at radius 1 is 1.26 bits per heavy atom. The Kier molecular flexibility index (Phi) is 5.12. The molecule has 0 saturated carbocycles. The van der Waals surface area contributed by atoms with E-state index in [1.807, 2.05) is 12.1 Å². The van der Waals surface area contributed by atoms with Gasteiger partial charge in [0.25, 0.3) is 10.1 Å². The molecule has 1 heterocycles. The minimum absolute atomic E-state index is 0.0992. The summed E-state index contributed by atoms with van der Waals surface area (Å²) in [5, 5.41) is 7.73. The molecule has 0 spiro atoms. The first-order valence-corrected chi connectivity index (χ1v) is 8.52. The van der Waals surface area contributed by atoms with Crippen molar-refractivity contribution in [1.82, 2.24) is 15.0 Å². The Bertz CT molecular complexity index is 796. The third kappa shape index (κ3) is 4.60. The number of ether oxygens (including phenoxy) is 1. The topological polar surface area (TPSA) is 100 Å². The standard InChI is InChI=1S/C14H17N3O5S/c1-10(18)14-13(9-22-23(3,19)20)17(16-15-14)8-11-4-6-12(21-2)7-5-11/h4-7H,8-9H2,1-3H3. The van der Waals surface area contributed by atoms with Gasteiger partial charge in [-0.1, -0.05) is 17.3 Å². The molecule has 0 saturated heterocycles. The number of nitrogens with zero attached hydrogens (tertiary/aromatic N) is 3. The van der Waals surface area contributed by atoms with Gasteiger partial charge in [0, 0.05) is 6.92 Å². The average molecular weight is 339 g/mol. The van der Waals surface area contributed by atoms with Crippen molar-refractivity contribution in [2.45, 2.75) is 20.1 Å². The monoisotopic (exact) mass is 339 g/mol. The Morgan fingerprint density at radius 2 is 1.91 bits per heavy atom. The molecule has 1 aromatic heterocycles. The SMILES string of the molecule is COc1ccc(Cn2nnc(C(C)=O)c2COS(C)(=O)=O)cc1. The van der Waals surface area contributed by atoms with Gasteiger partial charge in [0.15, 0.2) is 11.5 Å². The van der Waals surface area contributed by atoms with E-state index in [4.69, 9.17) is 8.92 Å². The summed E-state index contributed by atoms with van der Waals surface area (Å²) >= 11 is 0. The van der Waals surface area contributed by atoms with Crippen LogP contribution in [0.5, 0.6) is 5.75 Å². The quantitative estimate of drug-likeness (QED) is 0.548. The highest BCUT2D eigenvalue weighted by atomic mass is 32.2. The summed E-state index contributed by atoms with van der Waals surface area (Å²) in [4.78, 5) is 11.6. The number of rotatable bonds is 7. The molecular formula is C14H17N3O5S. The number of ketones is 1. The minimum atomic E-state index is -3.64. The lowest BCUT2D eigenvalue weighted by Gasteiger charge is -2.08. The second-order valence-corrected chi connectivity index (χ2v) is 6.56. The Labute approximate surface area is 134 Å². The maximum absolute atomic E-state index is 11.6. The third-order valence-electron chi connectivity index (χ3n) is 3.07. The van der Waals surface area contributed by atoms with Crippen molar-refractivity contribution in [2.24, 2.45) is 0 Å². The van der Waals surface area contributed by atoms with Crippen LogP contribution in [-0.4, -0.2) is 42.6 Å². The zero-order chi connectivity index (χ0) is 17.0. The van der Waals surface area contributed by atoms with Gasteiger partial charge in [0.1, 0.15) is 12.4 Å². The molecule has 124 valence electrons. The minimum Gasteiger partial charge on any atom is -0.497 e. The molecular weight excluding hydrogens is 322 g/mol. The van der Waals surface area contributed by atoms with Crippen LogP contribution >= 0.6 is 0 Å². The number of methoxy groups -OCH3 is 1. The maximum atomic E-state index is 11.6. The van der Waals surface area contributed by atoms with Crippen LogP contribution < -0.4 is 4.74 Å². The van der Waals surface area contributed by atoms with Crippen LogP contribution in [0.4, 0.5) is 0 Å². The average Bonchev–Trinajstić information content (AvgIpc) is 2.88. The molecule has 0 aliphatic heterocycles. The lowest BCUT2D eigenvalue weighted by molar-refractivity contribution is 0.101. The zero-order valence-electron chi connectivity index (χ0n) is 13.0. The van der Waals surface area contributed by atoms with E-state index in [1.54, 1.807) is 19.2 Å². The van der Waals surface area contributed by atoms with Crippen LogP contribution in [0.15, 0.2) is 24.3 Å². The molecule has 0 unspecified atom stereocenters. The number of benzene rings is 1. The summed E-state index contributed by atoms with van der Waals surface area (Å²) in [5.41, 5.74) is 1.31. The van der Waals surface area contributed by atoms with Crippen molar-refractivity contribution in [3.63, 3.8) is 0 Å². The fraction of sp³-hybridized carbons (Fsp3) is 0.357. The molecule has 2 aromatic rings. The molecule has 0 aliphatic rings. The number of hydrogen-bond acceptors (Lipinski definition) is 7. The molecule has 0 bridgehead atoms. The first-order chi connectivity index (χ1) is 10.8. The number of Topliss-reactive ketones (excluding diaryl/α,β-unsaturated/α-hetero) is 1. The molecule has 0 N–H and O–H groups in total. The molecule has 0 aliphatic carbocycles. The summed E-state index contributed by atoms with van der Waals surface area (Å²) in [5.74, 6) is 0.412. The van der Waals surface area contributed by atoms with Crippen LogP contribution in [0.2, 0.25) is 0 Å². The second kappa shape index (κ2) is 6.88. The molecule has 0 radical (unpaired) electrons. The van der Waals surface area contributed by atoms with Gasteiger partial charge in [0.2, 0.25) is 0 Å². The maximum Gasteiger partial charge on any atom is 0.264 e. The Morgan fingerprint density at radius 3 is 2.43 bits per heavy atom. The molecule has 8 nitrogen and oxygen atoms in total. The van der Waals surface area contributed by atoms with Crippen LogP contribution in [0, 0.1) is 0 Å². The highest BCUT2D eigenvalue weighted by Gasteiger charge is 2.18. The van der Waals surface area contributed by atoms with Crippen molar-refractivity contribution in [1.29, 1.82) is 0 Å². The summed E-state index contributed by atoms with van der Waals surface area (Å²) in [6.07, 6.45) is 0.943. The highest BCUT2D eigenvalue weighted by molar-refractivity contribution is 7.85. The van der Waals surface area contributed by atoms with E-state index in [1.165, 1.54) is 11.6 Å². The first kappa shape index (κ1) is 17.1. The molecule has 0 amide bonds. The predicted octanol–water partition coefficient (Wildman–Crippen LogP) is 1.01. The summed E-state index contributed by atoms with van der Waals surface area (Å²) < 4.78 is 33.7. The largest absolute Gasteiger partial charge is 0.497 e.